The Morgan fingerprint density at radius 3 is 1.68 bits per heavy atom. The van der Waals surface area contributed by atoms with Gasteiger partial charge in [-0.2, -0.15) is 0 Å². The summed E-state index contributed by atoms with van der Waals surface area (Å²) >= 11 is 0. The minimum Gasteiger partial charge on any atom is -0.479 e. The van der Waals surface area contributed by atoms with Gasteiger partial charge in [-0.15, -0.1) is 0 Å². The third-order valence-corrected chi connectivity index (χ3v) is 2.80. The first-order valence-corrected chi connectivity index (χ1v) is 6.43. The fraction of sp³-hybridized carbons (Fsp3) is 0.125. The van der Waals surface area contributed by atoms with E-state index in [4.69, 9.17) is 21.1 Å². The predicted molar refractivity (Wildman–Crippen MR) is 80.4 cm³/mol. The molecule has 0 aliphatic rings. The molecule has 2 rings (SSSR count). The highest BCUT2D eigenvalue weighted by molar-refractivity contribution is 5.87. The van der Waals surface area contributed by atoms with Crippen molar-refractivity contribution in [2.24, 2.45) is 5.73 Å². The molecular weight excluding hydrogens is 286 g/mol. The Morgan fingerprint density at radius 2 is 1.32 bits per heavy atom. The summed E-state index contributed by atoms with van der Waals surface area (Å²) in [4.78, 5) is 20.6. The van der Waals surface area contributed by atoms with Crippen LogP contribution >= 0.6 is 0 Å². The number of carboxylic acids is 2. The molecule has 22 heavy (non-hydrogen) atoms. The van der Waals surface area contributed by atoms with E-state index in [2.05, 4.69) is 0 Å². The quantitative estimate of drug-likeness (QED) is 0.679. The number of hydrogen-bond acceptors (Lipinski definition) is 4. The van der Waals surface area contributed by atoms with Gasteiger partial charge in [0.15, 0.2) is 6.10 Å². The van der Waals surface area contributed by atoms with E-state index in [1.807, 2.05) is 0 Å². The topological polar surface area (TPSA) is 121 Å². The SMILES string of the molecule is NC(c1ccccc1)C(O)C(=O)O.O=C(O)c1ccccc1. The lowest BCUT2D eigenvalue weighted by Crippen LogP contribution is -2.33. The molecule has 0 bridgehead atoms. The van der Waals surface area contributed by atoms with Gasteiger partial charge < -0.3 is 21.1 Å². The van der Waals surface area contributed by atoms with Gasteiger partial charge in [0.05, 0.1) is 11.6 Å². The lowest BCUT2D eigenvalue weighted by molar-refractivity contribution is -0.147. The van der Waals surface area contributed by atoms with E-state index in [9.17, 15) is 9.59 Å². The molecule has 6 heteroatoms. The summed E-state index contributed by atoms with van der Waals surface area (Å²) in [6.45, 7) is 0. The summed E-state index contributed by atoms with van der Waals surface area (Å²) < 4.78 is 0. The van der Waals surface area contributed by atoms with Gasteiger partial charge in [0.1, 0.15) is 0 Å². The second kappa shape index (κ2) is 8.56. The second-order valence-corrected chi connectivity index (χ2v) is 4.39. The van der Waals surface area contributed by atoms with Crippen molar-refractivity contribution in [1.82, 2.24) is 0 Å². The maximum atomic E-state index is 10.4. The third kappa shape index (κ3) is 5.35. The highest BCUT2D eigenvalue weighted by Crippen LogP contribution is 2.13. The van der Waals surface area contributed by atoms with Gasteiger partial charge >= 0.3 is 11.9 Å². The first kappa shape index (κ1) is 17.4. The Balaban J connectivity index is 0.000000235. The van der Waals surface area contributed by atoms with Gasteiger partial charge in [-0.1, -0.05) is 48.5 Å². The molecule has 0 saturated heterocycles. The molecule has 0 radical (unpaired) electrons. The van der Waals surface area contributed by atoms with Crippen molar-refractivity contribution in [3.05, 3.63) is 71.8 Å². The molecule has 0 saturated carbocycles. The number of aliphatic hydroxyl groups excluding tert-OH is 1. The van der Waals surface area contributed by atoms with Crippen molar-refractivity contribution in [3.8, 4) is 0 Å². The van der Waals surface area contributed by atoms with Gasteiger partial charge in [-0.05, 0) is 17.7 Å². The molecule has 0 fully saturated rings. The van der Waals surface area contributed by atoms with Crippen LogP contribution in [0.2, 0.25) is 0 Å². The Morgan fingerprint density at radius 1 is 0.864 bits per heavy atom. The maximum Gasteiger partial charge on any atom is 0.335 e. The standard InChI is InChI=1S/C9H11NO3.C7H6O2/c10-7(8(11)9(12)13)6-4-2-1-3-5-6;8-7(9)6-4-2-1-3-5-6/h1-5,7-8,11H,10H2,(H,12,13);1-5H,(H,8,9). The minimum atomic E-state index is -1.55. The normalized spacial score (nSPS) is 12.5. The summed E-state index contributed by atoms with van der Waals surface area (Å²) in [5, 5.41) is 26.0. The van der Waals surface area contributed by atoms with E-state index in [-0.39, 0.29) is 0 Å². The number of hydrogen-bond donors (Lipinski definition) is 4. The zero-order chi connectivity index (χ0) is 16.5. The highest BCUT2D eigenvalue weighted by Gasteiger charge is 2.22. The molecular formula is C16H17NO5. The fourth-order valence-electron chi connectivity index (χ4n) is 1.59. The molecule has 0 aliphatic carbocycles. The summed E-state index contributed by atoms with van der Waals surface area (Å²) in [7, 11) is 0. The van der Waals surface area contributed by atoms with Crippen LogP contribution in [0.1, 0.15) is 22.0 Å². The lowest BCUT2D eigenvalue weighted by Gasteiger charge is -2.14. The summed E-state index contributed by atoms with van der Waals surface area (Å²) in [5.41, 5.74) is 6.45. The molecule has 2 atom stereocenters. The van der Waals surface area contributed by atoms with Gasteiger partial charge in [0.2, 0.25) is 0 Å². The maximum absolute atomic E-state index is 10.4. The van der Waals surface area contributed by atoms with Crippen molar-refractivity contribution in [2.75, 3.05) is 0 Å². The van der Waals surface area contributed by atoms with Crippen LogP contribution in [0.3, 0.4) is 0 Å². The van der Waals surface area contributed by atoms with E-state index in [0.717, 1.165) is 0 Å². The number of carboxylic acid groups (broad SMARTS) is 2. The first-order valence-electron chi connectivity index (χ1n) is 6.43. The van der Waals surface area contributed by atoms with Gasteiger partial charge in [-0.25, -0.2) is 9.59 Å². The van der Waals surface area contributed by atoms with Crippen LogP contribution in [0, 0.1) is 0 Å². The Bertz CT molecular complexity index is 600. The van der Waals surface area contributed by atoms with Crippen LogP contribution in [0.5, 0.6) is 0 Å². The van der Waals surface area contributed by atoms with Crippen molar-refractivity contribution in [3.63, 3.8) is 0 Å². The van der Waals surface area contributed by atoms with E-state index in [0.29, 0.717) is 11.1 Å². The van der Waals surface area contributed by atoms with Crippen LogP contribution in [0.15, 0.2) is 60.7 Å². The van der Waals surface area contributed by atoms with Crippen molar-refractivity contribution in [2.45, 2.75) is 12.1 Å². The average molecular weight is 303 g/mol. The molecule has 0 amide bonds. The number of carbonyl (C=O) groups is 2. The van der Waals surface area contributed by atoms with Gasteiger partial charge in [0, 0.05) is 0 Å². The third-order valence-electron chi connectivity index (χ3n) is 2.80. The summed E-state index contributed by atoms with van der Waals surface area (Å²) in [5.74, 6) is -2.19. The van der Waals surface area contributed by atoms with E-state index >= 15 is 0 Å². The molecule has 0 heterocycles. The average Bonchev–Trinajstić information content (AvgIpc) is 2.55. The van der Waals surface area contributed by atoms with Crippen LogP contribution in [0.4, 0.5) is 0 Å². The number of nitrogens with two attached hydrogens (primary N) is 1. The van der Waals surface area contributed by atoms with Gasteiger partial charge in [-0.3, -0.25) is 0 Å². The second-order valence-electron chi connectivity index (χ2n) is 4.39. The highest BCUT2D eigenvalue weighted by atomic mass is 16.4. The molecule has 2 aromatic carbocycles. The van der Waals surface area contributed by atoms with Crippen molar-refractivity contribution in [1.29, 1.82) is 0 Å². The number of aliphatic carboxylic acids is 1. The van der Waals surface area contributed by atoms with Crippen LogP contribution < -0.4 is 5.73 Å². The molecule has 0 spiro atoms. The molecule has 2 aromatic rings. The number of rotatable bonds is 4. The number of aromatic carboxylic acids is 1. The first-order chi connectivity index (χ1) is 10.4. The lowest BCUT2D eigenvalue weighted by atomic mass is 10.0. The van der Waals surface area contributed by atoms with Gasteiger partial charge in [0.25, 0.3) is 0 Å². The minimum absolute atomic E-state index is 0.331. The predicted octanol–water partition coefficient (Wildman–Crippen LogP) is 1.52. The molecule has 116 valence electrons. The molecule has 2 unspecified atom stereocenters. The van der Waals surface area contributed by atoms with Crippen molar-refractivity contribution < 1.29 is 24.9 Å². The van der Waals surface area contributed by atoms with E-state index in [1.54, 1.807) is 60.7 Å². The molecule has 0 aromatic heterocycles. The Hall–Kier alpha value is -2.70. The fourth-order valence-corrected chi connectivity index (χ4v) is 1.59. The molecule has 0 aliphatic heterocycles. The van der Waals surface area contributed by atoms with E-state index < -0.39 is 24.1 Å². The Labute approximate surface area is 127 Å². The van der Waals surface area contributed by atoms with Crippen LogP contribution in [-0.4, -0.2) is 33.4 Å². The Kier molecular flexibility index (Phi) is 6.75. The van der Waals surface area contributed by atoms with Crippen molar-refractivity contribution >= 4 is 11.9 Å². The largest absolute Gasteiger partial charge is 0.479 e. The van der Waals surface area contributed by atoms with Crippen LogP contribution in [0.25, 0.3) is 0 Å². The summed E-state index contributed by atoms with van der Waals surface area (Å²) in [6.07, 6.45) is -1.55. The number of aliphatic hydroxyl groups is 1. The zero-order valence-corrected chi connectivity index (χ0v) is 11.7. The smallest absolute Gasteiger partial charge is 0.335 e. The summed E-state index contributed by atoms with van der Waals surface area (Å²) in [6, 6.07) is 16.0. The monoisotopic (exact) mass is 303 g/mol. The molecule has 6 nitrogen and oxygen atoms in total. The molecule has 5 N–H and O–H groups in total. The van der Waals surface area contributed by atoms with E-state index in [1.165, 1.54) is 0 Å². The zero-order valence-electron chi connectivity index (χ0n) is 11.7. The number of benzene rings is 2. The van der Waals surface area contributed by atoms with Crippen LogP contribution in [-0.2, 0) is 4.79 Å².